The van der Waals surface area contributed by atoms with Crippen LogP contribution in [0.4, 0.5) is 4.79 Å². The molecule has 0 spiro atoms. The number of halogens is 2. The molecule has 1 aromatic heterocycles. The Kier molecular flexibility index (Phi) is 4.27. The molecule has 1 aliphatic rings. The number of rotatable bonds is 2. The molecule has 2 amide bonds. The second kappa shape index (κ2) is 6.18. The fraction of sp³-hybridized carbons (Fsp3) is 0.333. The average Bonchev–Trinajstić information content (AvgIpc) is 2.89. The molecule has 2 aromatic rings. The van der Waals surface area contributed by atoms with Gasteiger partial charge in [-0.1, -0.05) is 23.2 Å². The molecule has 1 aliphatic heterocycles. The van der Waals surface area contributed by atoms with Gasteiger partial charge in [-0.05, 0) is 35.7 Å². The number of aryl methyl sites for hydroxylation is 1. The van der Waals surface area contributed by atoms with E-state index in [1.165, 1.54) is 0 Å². The lowest BCUT2D eigenvalue weighted by Gasteiger charge is -2.29. The van der Waals surface area contributed by atoms with Gasteiger partial charge in [-0.25, -0.2) is 4.79 Å². The second-order valence-electron chi connectivity index (χ2n) is 5.30. The molecule has 0 fully saturated rings. The van der Waals surface area contributed by atoms with E-state index in [0.29, 0.717) is 29.7 Å². The number of aromatic nitrogens is 2. The van der Waals surface area contributed by atoms with E-state index in [2.05, 4.69) is 10.4 Å². The normalized spacial score (nSPS) is 13.9. The summed E-state index contributed by atoms with van der Waals surface area (Å²) in [6, 6.07) is 5.41. The predicted octanol–water partition coefficient (Wildman–Crippen LogP) is 2.99. The first-order chi connectivity index (χ1) is 10.5. The van der Waals surface area contributed by atoms with Crippen LogP contribution in [0.15, 0.2) is 24.4 Å². The van der Waals surface area contributed by atoms with E-state index >= 15 is 0 Å². The molecule has 0 atom stereocenters. The SMILES string of the molecule is Cn1nccc1CNC(=O)N1CCc2c(Cl)cc(Cl)cc2C1. The Morgan fingerprint density at radius 2 is 2.23 bits per heavy atom. The van der Waals surface area contributed by atoms with Crippen LogP contribution in [-0.4, -0.2) is 27.3 Å². The van der Waals surface area contributed by atoms with Crippen molar-refractivity contribution in [2.45, 2.75) is 19.5 Å². The highest BCUT2D eigenvalue weighted by molar-refractivity contribution is 6.35. The van der Waals surface area contributed by atoms with Crippen molar-refractivity contribution in [3.8, 4) is 0 Å². The van der Waals surface area contributed by atoms with Crippen molar-refractivity contribution >= 4 is 29.2 Å². The molecule has 5 nitrogen and oxygen atoms in total. The van der Waals surface area contributed by atoms with Crippen molar-refractivity contribution in [3.63, 3.8) is 0 Å². The number of amides is 2. The summed E-state index contributed by atoms with van der Waals surface area (Å²) >= 11 is 12.2. The van der Waals surface area contributed by atoms with Crippen LogP contribution >= 0.6 is 23.2 Å². The van der Waals surface area contributed by atoms with Crippen molar-refractivity contribution in [1.82, 2.24) is 20.0 Å². The van der Waals surface area contributed by atoms with Gasteiger partial charge in [-0.15, -0.1) is 0 Å². The monoisotopic (exact) mass is 338 g/mol. The molecule has 0 bridgehead atoms. The van der Waals surface area contributed by atoms with Crippen molar-refractivity contribution in [2.75, 3.05) is 6.54 Å². The Bertz CT molecular complexity index is 714. The molecule has 7 heteroatoms. The molecular formula is C15H16Cl2N4O. The van der Waals surface area contributed by atoms with Crippen LogP contribution in [0.1, 0.15) is 16.8 Å². The molecule has 2 heterocycles. The zero-order chi connectivity index (χ0) is 15.7. The van der Waals surface area contributed by atoms with Gasteiger partial charge < -0.3 is 10.2 Å². The highest BCUT2D eigenvalue weighted by atomic mass is 35.5. The number of carbonyl (C=O) groups is 1. The second-order valence-corrected chi connectivity index (χ2v) is 6.15. The number of hydrogen-bond donors (Lipinski definition) is 1. The van der Waals surface area contributed by atoms with E-state index in [9.17, 15) is 4.79 Å². The van der Waals surface area contributed by atoms with Crippen LogP contribution < -0.4 is 5.32 Å². The van der Waals surface area contributed by atoms with Crippen LogP contribution in [0.3, 0.4) is 0 Å². The minimum Gasteiger partial charge on any atom is -0.332 e. The summed E-state index contributed by atoms with van der Waals surface area (Å²) in [6.45, 7) is 1.62. The van der Waals surface area contributed by atoms with E-state index in [1.54, 1.807) is 21.8 Å². The van der Waals surface area contributed by atoms with Crippen LogP contribution in [-0.2, 0) is 26.6 Å². The summed E-state index contributed by atoms with van der Waals surface area (Å²) in [5, 5.41) is 8.27. The Morgan fingerprint density at radius 3 is 2.95 bits per heavy atom. The summed E-state index contributed by atoms with van der Waals surface area (Å²) in [7, 11) is 1.85. The summed E-state index contributed by atoms with van der Waals surface area (Å²) in [4.78, 5) is 14.1. The smallest absolute Gasteiger partial charge is 0.318 e. The first-order valence-corrected chi connectivity index (χ1v) is 7.76. The zero-order valence-corrected chi connectivity index (χ0v) is 13.7. The Morgan fingerprint density at radius 1 is 1.41 bits per heavy atom. The Labute approximate surface area is 138 Å². The van der Waals surface area contributed by atoms with Crippen LogP contribution in [0.2, 0.25) is 10.0 Å². The zero-order valence-electron chi connectivity index (χ0n) is 12.1. The van der Waals surface area contributed by atoms with Gasteiger partial charge in [0.25, 0.3) is 0 Å². The summed E-state index contributed by atoms with van der Waals surface area (Å²) in [6.07, 6.45) is 2.45. The molecule has 1 aromatic carbocycles. The van der Waals surface area contributed by atoms with Gasteiger partial charge in [0.15, 0.2) is 0 Å². The van der Waals surface area contributed by atoms with Gasteiger partial charge in [-0.3, -0.25) is 4.68 Å². The predicted molar refractivity (Wildman–Crippen MR) is 86.0 cm³/mol. The standard InChI is InChI=1S/C15H16Cl2N4O/c1-20-12(2-4-19-20)8-18-15(22)21-5-3-13-10(9-21)6-11(16)7-14(13)17/h2,4,6-7H,3,5,8-9H2,1H3,(H,18,22). The molecule has 3 rings (SSSR count). The number of benzene rings is 1. The van der Waals surface area contributed by atoms with Gasteiger partial charge >= 0.3 is 6.03 Å². The van der Waals surface area contributed by atoms with E-state index in [0.717, 1.165) is 23.2 Å². The van der Waals surface area contributed by atoms with Gasteiger partial charge in [0.1, 0.15) is 0 Å². The third-order valence-electron chi connectivity index (χ3n) is 3.88. The summed E-state index contributed by atoms with van der Waals surface area (Å²) < 4.78 is 1.74. The number of urea groups is 1. The van der Waals surface area contributed by atoms with Crippen molar-refractivity contribution in [1.29, 1.82) is 0 Å². The van der Waals surface area contributed by atoms with Crippen molar-refractivity contribution < 1.29 is 4.79 Å². The van der Waals surface area contributed by atoms with Crippen molar-refractivity contribution in [2.24, 2.45) is 7.05 Å². The van der Waals surface area contributed by atoms with E-state index < -0.39 is 0 Å². The maximum atomic E-state index is 12.3. The number of carbonyl (C=O) groups excluding carboxylic acids is 1. The van der Waals surface area contributed by atoms with Gasteiger partial charge in [0.05, 0.1) is 12.2 Å². The number of fused-ring (bicyclic) bond motifs is 1. The largest absolute Gasteiger partial charge is 0.332 e. The molecule has 116 valence electrons. The highest BCUT2D eigenvalue weighted by Crippen LogP contribution is 2.29. The van der Waals surface area contributed by atoms with Crippen LogP contribution in [0.5, 0.6) is 0 Å². The molecule has 0 aliphatic carbocycles. The molecule has 0 saturated carbocycles. The molecule has 0 saturated heterocycles. The minimum atomic E-state index is -0.0945. The lowest BCUT2D eigenvalue weighted by atomic mass is 10.00. The number of nitrogens with zero attached hydrogens (tertiary/aromatic N) is 3. The molecular weight excluding hydrogens is 323 g/mol. The maximum Gasteiger partial charge on any atom is 0.318 e. The van der Waals surface area contributed by atoms with E-state index in [1.807, 2.05) is 19.2 Å². The average molecular weight is 339 g/mol. The fourth-order valence-corrected chi connectivity index (χ4v) is 3.27. The number of nitrogens with one attached hydrogen (secondary N) is 1. The Balaban J connectivity index is 1.66. The van der Waals surface area contributed by atoms with Gasteiger partial charge in [0, 0.05) is 36.4 Å². The lowest BCUT2D eigenvalue weighted by Crippen LogP contribution is -2.42. The first kappa shape index (κ1) is 15.2. The highest BCUT2D eigenvalue weighted by Gasteiger charge is 2.22. The third kappa shape index (κ3) is 3.05. The minimum absolute atomic E-state index is 0.0945. The van der Waals surface area contributed by atoms with Crippen LogP contribution in [0.25, 0.3) is 0 Å². The first-order valence-electron chi connectivity index (χ1n) is 7.01. The fourth-order valence-electron chi connectivity index (χ4n) is 2.64. The van der Waals surface area contributed by atoms with E-state index in [4.69, 9.17) is 23.2 Å². The van der Waals surface area contributed by atoms with Gasteiger partial charge in [-0.2, -0.15) is 5.10 Å². The quantitative estimate of drug-likeness (QED) is 0.914. The van der Waals surface area contributed by atoms with E-state index in [-0.39, 0.29) is 6.03 Å². The molecule has 22 heavy (non-hydrogen) atoms. The third-order valence-corrected chi connectivity index (χ3v) is 4.43. The van der Waals surface area contributed by atoms with Crippen LogP contribution in [0, 0.1) is 0 Å². The topological polar surface area (TPSA) is 50.2 Å². The summed E-state index contributed by atoms with van der Waals surface area (Å²) in [5.74, 6) is 0. The maximum absolute atomic E-state index is 12.3. The van der Waals surface area contributed by atoms with Gasteiger partial charge in [0.2, 0.25) is 0 Å². The lowest BCUT2D eigenvalue weighted by molar-refractivity contribution is 0.191. The molecule has 0 radical (unpaired) electrons. The van der Waals surface area contributed by atoms with Crippen molar-refractivity contribution in [3.05, 3.63) is 51.3 Å². The molecule has 0 unspecified atom stereocenters. The number of hydrogen-bond acceptors (Lipinski definition) is 2. The molecule has 1 N–H and O–H groups in total. The summed E-state index contributed by atoms with van der Waals surface area (Å²) in [5.41, 5.74) is 3.05. The Hall–Kier alpha value is -1.72.